The van der Waals surface area contributed by atoms with E-state index in [4.69, 9.17) is 5.11 Å². The Balaban J connectivity index is 1.96. The highest BCUT2D eigenvalue weighted by atomic mass is 16.6. The Bertz CT molecular complexity index is 603. The highest BCUT2D eigenvalue weighted by Gasteiger charge is 2.21. The fraction of sp³-hybridized carbons (Fsp3) is 0.438. The standard InChI is InChI=1S/C16H21N3O4/c1-2-15(12-4-3-5-14(9-12)19(22)23)18-16(21)17-13-7-6-11(8-13)10-20/h3-7,9,11,13,15,20H,2,8,10H2,1H3,(H2,17,18,21)/t11-,13+,15?/m0/s1. The summed E-state index contributed by atoms with van der Waals surface area (Å²) in [5, 5.41) is 25.6. The number of hydrogen-bond acceptors (Lipinski definition) is 4. The van der Waals surface area contributed by atoms with Gasteiger partial charge in [-0.3, -0.25) is 10.1 Å². The number of urea groups is 1. The number of carbonyl (C=O) groups excluding carboxylic acids is 1. The van der Waals surface area contributed by atoms with Gasteiger partial charge in [0.15, 0.2) is 0 Å². The largest absolute Gasteiger partial charge is 0.396 e. The zero-order valence-corrected chi connectivity index (χ0v) is 12.9. The summed E-state index contributed by atoms with van der Waals surface area (Å²) in [6, 6.07) is 5.56. The smallest absolute Gasteiger partial charge is 0.315 e. The molecule has 1 aliphatic carbocycles. The SMILES string of the molecule is CCC(NC(=O)N[C@@H]1C=C[C@H](CO)C1)c1cccc([N+](=O)[O-])c1. The van der Waals surface area contributed by atoms with E-state index in [9.17, 15) is 14.9 Å². The highest BCUT2D eigenvalue weighted by Crippen LogP contribution is 2.22. The Kier molecular flexibility index (Phi) is 5.70. The minimum atomic E-state index is -0.450. The summed E-state index contributed by atoms with van der Waals surface area (Å²) >= 11 is 0. The Labute approximate surface area is 134 Å². The van der Waals surface area contributed by atoms with E-state index in [1.54, 1.807) is 12.1 Å². The summed E-state index contributed by atoms with van der Waals surface area (Å²) in [6.45, 7) is 1.97. The van der Waals surface area contributed by atoms with Crippen molar-refractivity contribution in [2.24, 2.45) is 5.92 Å². The zero-order valence-electron chi connectivity index (χ0n) is 12.9. The van der Waals surface area contributed by atoms with Crippen molar-refractivity contribution in [3.05, 3.63) is 52.1 Å². The van der Waals surface area contributed by atoms with Crippen LogP contribution in [-0.4, -0.2) is 28.7 Å². The maximum absolute atomic E-state index is 12.1. The van der Waals surface area contributed by atoms with E-state index in [1.165, 1.54) is 12.1 Å². The second-order valence-electron chi connectivity index (χ2n) is 5.60. The lowest BCUT2D eigenvalue weighted by Gasteiger charge is -2.20. The summed E-state index contributed by atoms with van der Waals surface area (Å²) in [4.78, 5) is 22.5. The lowest BCUT2D eigenvalue weighted by Crippen LogP contribution is -2.42. The van der Waals surface area contributed by atoms with Gasteiger partial charge >= 0.3 is 6.03 Å². The van der Waals surface area contributed by atoms with E-state index in [-0.39, 0.29) is 36.3 Å². The molecule has 0 saturated heterocycles. The number of non-ortho nitro benzene ring substituents is 1. The number of rotatable bonds is 6. The first-order valence-electron chi connectivity index (χ1n) is 7.64. The average molecular weight is 319 g/mol. The number of carbonyl (C=O) groups is 1. The Morgan fingerprint density at radius 3 is 2.87 bits per heavy atom. The number of nitro groups is 1. The number of hydrogen-bond donors (Lipinski definition) is 3. The molecule has 0 aromatic heterocycles. The molecular formula is C16H21N3O4. The van der Waals surface area contributed by atoms with Crippen molar-refractivity contribution in [2.45, 2.75) is 31.8 Å². The third kappa shape index (κ3) is 4.53. The van der Waals surface area contributed by atoms with Crippen LogP contribution in [0.2, 0.25) is 0 Å². The summed E-state index contributed by atoms with van der Waals surface area (Å²) < 4.78 is 0. The quantitative estimate of drug-likeness (QED) is 0.425. The zero-order chi connectivity index (χ0) is 16.8. The van der Waals surface area contributed by atoms with E-state index in [2.05, 4.69) is 10.6 Å². The molecule has 1 aromatic rings. The number of amides is 2. The van der Waals surface area contributed by atoms with Gasteiger partial charge in [-0.15, -0.1) is 0 Å². The molecule has 0 spiro atoms. The summed E-state index contributed by atoms with van der Waals surface area (Å²) in [5.41, 5.74) is 0.708. The molecule has 124 valence electrons. The summed E-state index contributed by atoms with van der Waals surface area (Å²) in [7, 11) is 0. The van der Waals surface area contributed by atoms with Gasteiger partial charge < -0.3 is 15.7 Å². The first kappa shape index (κ1) is 17.0. The van der Waals surface area contributed by atoms with E-state index in [0.717, 1.165) is 0 Å². The van der Waals surface area contributed by atoms with Crippen LogP contribution in [0.3, 0.4) is 0 Å². The van der Waals surface area contributed by atoms with Crippen molar-refractivity contribution in [1.82, 2.24) is 10.6 Å². The van der Waals surface area contributed by atoms with Crippen LogP contribution in [0.25, 0.3) is 0 Å². The van der Waals surface area contributed by atoms with Crippen LogP contribution in [-0.2, 0) is 0 Å². The molecule has 0 saturated carbocycles. The molecule has 3 N–H and O–H groups in total. The number of nitrogens with one attached hydrogen (secondary N) is 2. The van der Waals surface area contributed by atoms with Crippen LogP contribution in [0.5, 0.6) is 0 Å². The fourth-order valence-corrected chi connectivity index (χ4v) is 2.66. The van der Waals surface area contributed by atoms with Crippen LogP contribution in [0.1, 0.15) is 31.4 Å². The van der Waals surface area contributed by atoms with Crippen LogP contribution >= 0.6 is 0 Å². The lowest BCUT2D eigenvalue weighted by molar-refractivity contribution is -0.384. The van der Waals surface area contributed by atoms with Gasteiger partial charge in [0.05, 0.1) is 11.0 Å². The van der Waals surface area contributed by atoms with Gasteiger partial charge in [0, 0.05) is 30.7 Å². The third-order valence-electron chi connectivity index (χ3n) is 3.92. The van der Waals surface area contributed by atoms with E-state index in [1.807, 2.05) is 19.1 Å². The first-order chi connectivity index (χ1) is 11.0. The molecule has 7 nitrogen and oxygen atoms in total. The van der Waals surface area contributed by atoms with Crippen molar-refractivity contribution in [2.75, 3.05) is 6.61 Å². The Hall–Kier alpha value is -2.41. The Morgan fingerprint density at radius 2 is 2.26 bits per heavy atom. The van der Waals surface area contributed by atoms with E-state index in [0.29, 0.717) is 18.4 Å². The number of aliphatic hydroxyl groups is 1. The summed E-state index contributed by atoms with van der Waals surface area (Å²) in [6.07, 6.45) is 5.06. The second-order valence-corrected chi connectivity index (χ2v) is 5.60. The summed E-state index contributed by atoms with van der Waals surface area (Å²) in [5.74, 6) is 0.0824. The molecule has 1 aromatic carbocycles. The molecule has 0 bridgehead atoms. The monoisotopic (exact) mass is 319 g/mol. The molecule has 0 radical (unpaired) electrons. The van der Waals surface area contributed by atoms with Crippen LogP contribution in [0, 0.1) is 16.0 Å². The average Bonchev–Trinajstić information content (AvgIpc) is 3.00. The van der Waals surface area contributed by atoms with E-state index >= 15 is 0 Å². The van der Waals surface area contributed by atoms with E-state index < -0.39 is 4.92 Å². The van der Waals surface area contributed by atoms with Gasteiger partial charge in [-0.1, -0.05) is 31.2 Å². The maximum atomic E-state index is 12.1. The number of aliphatic hydroxyl groups excluding tert-OH is 1. The molecule has 0 aliphatic heterocycles. The molecule has 2 amide bonds. The normalized spacial score (nSPS) is 21.0. The van der Waals surface area contributed by atoms with Gasteiger partial charge in [-0.25, -0.2) is 4.79 Å². The van der Waals surface area contributed by atoms with Crippen molar-refractivity contribution in [3.63, 3.8) is 0 Å². The number of nitrogens with zero attached hydrogens (tertiary/aromatic N) is 1. The minimum absolute atomic E-state index is 0.00710. The van der Waals surface area contributed by atoms with Crippen molar-refractivity contribution >= 4 is 11.7 Å². The predicted octanol–water partition coefficient (Wildman–Crippen LogP) is 2.28. The second kappa shape index (κ2) is 7.73. The predicted molar refractivity (Wildman–Crippen MR) is 85.9 cm³/mol. The fourth-order valence-electron chi connectivity index (χ4n) is 2.66. The lowest BCUT2D eigenvalue weighted by atomic mass is 10.0. The molecular weight excluding hydrogens is 298 g/mol. The topological polar surface area (TPSA) is 104 Å². The van der Waals surface area contributed by atoms with Crippen molar-refractivity contribution in [1.29, 1.82) is 0 Å². The first-order valence-corrected chi connectivity index (χ1v) is 7.64. The Morgan fingerprint density at radius 1 is 1.48 bits per heavy atom. The van der Waals surface area contributed by atoms with Crippen molar-refractivity contribution < 1.29 is 14.8 Å². The molecule has 1 unspecified atom stereocenters. The van der Waals surface area contributed by atoms with Crippen LogP contribution in [0.4, 0.5) is 10.5 Å². The van der Waals surface area contributed by atoms with Gasteiger partial charge in [0.2, 0.25) is 0 Å². The van der Waals surface area contributed by atoms with Crippen LogP contribution in [0.15, 0.2) is 36.4 Å². The minimum Gasteiger partial charge on any atom is -0.396 e. The van der Waals surface area contributed by atoms with Gasteiger partial charge in [0.25, 0.3) is 5.69 Å². The molecule has 1 aliphatic rings. The van der Waals surface area contributed by atoms with Gasteiger partial charge in [0.1, 0.15) is 0 Å². The molecule has 0 fully saturated rings. The van der Waals surface area contributed by atoms with Gasteiger partial charge in [-0.05, 0) is 18.4 Å². The molecule has 3 atom stereocenters. The maximum Gasteiger partial charge on any atom is 0.315 e. The number of benzene rings is 1. The number of nitro benzene ring substituents is 1. The third-order valence-corrected chi connectivity index (χ3v) is 3.92. The highest BCUT2D eigenvalue weighted by molar-refractivity contribution is 5.75. The molecule has 0 heterocycles. The molecule has 2 rings (SSSR count). The molecule has 7 heteroatoms. The van der Waals surface area contributed by atoms with Crippen LogP contribution < -0.4 is 10.6 Å². The molecule has 23 heavy (non-hydrogen) atoms. The van der Waals surface area contributed by atoms with Gasteiger partial charge in [-0.2, -0.15) is 0 Å². The van der Waals surface area contributed by atoms with Crippen molar-refractivity contribution in [3.8, 4) is 0 Å².